The molecule has 0 atom stereocenters. The first-order valence-electron chi connectivity index (χ1n) is 4.29. The second-order valence-electron chi connectivity index (χ2n) is 2.88. The molecule has 0 heterocycles. The van der Waals surface area contributed by atoms with E-state index in [4.69, 9.17) is 0 Å². The lowest BCUT2D eigenvalue weighted by Crippen LogP contribution is -2.00. The zero-order valence-electron chi connectivity index (χ0n) is 8.37. The van der Waals surface area contributed by atoms with Crippen molar-refractivity contribution in [2.45, 2.75) is 0 Å². The summed E-state index contributed by atoms with van der Waals surface area (Å²) in [5.41, 5.74) is -0.169. The summed E-state index contributed by atoms with van der Waals surface area (Å²) < 4.78 is 29.7. The Labute approximate surface area is 90.3 Å². The van der Waals surface area contributed by atoms with Crippen molar-refractivity contribution < 1.29 is 23.1 Å². The summed E-state index contributed by atoms with van der Waals surface area (Å²) in [7, 11) is 1.15. The molecule has 1 aromatic carbocycles. The van der Waals surface area contributed by atoms with Gasteiger partial charge in [-0.05, 0) is 18.2 Å². The van der Waals surface area contributed by atoms with Crippen molar-refractivity contribution in [2.75, 3.05) is 7.11 Å². The molecule has 0 aliphatic heterocycles. The number of ether oxygens (including phenoxy) is 1. The number of benzene rings is 1. The molecule has 0 N–H and O–H groups in total. The number of hydrogen-bond acceptors (Lipinski definition) is 3. The van der Waals surface area contributed by atoms with Gasteiger partial charge in [-0.1, -0.05) is 0 Å². The van der Waals surface area contributed by atoms with E-state index < -0.39 is 23.4 Å². The quantitative estimate of drug-likeness (QED) is 0.449. The number of methoxy groups -OCH3 is 1. The number of ketones is 1. The van der Waals surface area contributed by atoms with E-state index in [0.717, 1.165) is 31.4 Å². The molecule has 0 bridgehead atoms. The number of esters is 1. The standard InChI is InChI=1S/C11H8F2O3/c1-16-11(15)3-2-10(14)7-4-8(12)6-9(13)5-7/h2-6H,1H3/b3-2+. The first-order valence-corrected chi connectivity index (χ1v) is 4.29. The zero-order valence-corrected chi connectivity index (χ0v) is 8.37. The molecule has 0 fully saturated rings. The minimum absolute atomic E-state index is 0.169. The number of carbonyl (C=O) groups is 2. The van der Waals surface area contributed by atoms with Gasteiger partial charge in [-0.25, -0.2) is 13.6 Å². The molecule has 0 aliphatic rings. The molecule has 0 radical (unpaired) electrons. The van der Waals surface area contributed by atoms with E-state index in [1.807, 2.05) is 0 Å². The van der Waals surface area contributed by atoms with Crippen molar-refractivity contribution in [1.29, 1.82) is 0 Å². The van der Waals surface area contributed by atoms with Gasteiger partial charge in [0, 0.05) is 17.7 Å². The molecule has 84 valence electrons. The molecule has 0 amide bonds. The molecule has 1 rings (SSSR count). The predicted octanol–water partition coefficient (Wildman–Crippen LogP) is 1.88. The van der Waals surface area contributed by atoms with Crippen LogP contribution in [0.4, 0.5) is 8.78 Å². The Balaban J connectivity index is 2.88. The van der Waals surface area contributed by atoms with Gasteiger partial charge >= 0.3 is 5.97 Å². The first-order chi connectivity index (χ1) is 7.52. The highest BCUT2D eigenvalue weighted by Crippen LogP contribution is 2.09. The van der Waals surface area contributed by atoms with Crippen molar-refractivity contribution in [1.82, 2.24) is 0 Å². The fourth-order valence-corrected chi connectivity index (χ4v) is 1.00. The first kappa shape index (κ1) is 12.0. The molecule has 16 heavy (non-hydrogen) atoms. The lowest BCUT2D eigenvalue weighted by atomic mass is 10.1. The van der Waals surface area contributed by atoms with Crippen molar-refractivity contribution in [3.05, 3.63) is 47.5 Å². The maximum Gasteiger partial charge on any atom is 0.330 e. The summed E-state index contributed by atoms with van der Waals surface area (Å²) in [6, 6.07) is 2.42. The van der Waals surface area contributed by atoms with Gasteiger partial charge in [0.05, 0.1) is 7.11 Å². The molecule has 0 spiro atoms. The highest BCUT2D eigenvalue weighted by atomic mass is 19.1. The Kier molecular flexibility index (Phi) is 3.88. The average molecular weight is 226 g/mol. The normalized spacial score (nSPS) is 10.4. The van der Waals surface area contributed by atoms with Gasteiger partial charge in [-0.3, -0.25) is 4.79 Å². The SMILES string of the molecule is COC(=O)/C=C/C(=O)c1cc(F)cc(F)c1. The van der Waals surface area contributed by atoms with E-state index in [1.54, 1.807) is 0 Å². The van der Waals surface area contributed by atoms with Crippen LogP contribution >= 0.6 is 0 Å². The van der Waals surface area contributed by atoms with Crippen LogP contribution in [0.2, 0.25) is 0 Å². The Morgan fingerprint density at radius 2 is 1.69 bits per heavy atom. The third-order valence-electron chi connectivity index (χ3n) is 1.72. The lowest BCUT2D eigenvalue weighted by Gasteiger charge is -1.97. The van der Waals surface area contributed by atoms with Crippen LogP contribution < -0.4 is 0 Å². The smallest absolute Gasteiger partial charge is 0.330 e. The summed E-state index contributed by atoms with van der Waals surface area (Å²) in [6.45, 7) is 0. The van der Waals surface area contributed by atoms with Crippen molar-refractivity contribution in [3.63, 3.8) is 0 Å². The second kappa shape index (κ2) is 5.16. The minimum Gasteiger partial charge on any atom is -0.466 e. The van der Waals surface area contributed by atoms with Crippen molar-refractivity contribution in [2.24, 2.45) is 0 Å². The predicted molar refractivity (Wildman–Crippen MR) is 51.8 cm³/mol. The molecule has 0 aromatic heterocycles. The highest BCUT2D eigenvalue weighted by molar-refractivity contribution is 6.06. The minimum atomic E-state index is -0.852. The molecule has 0 aliphatic carbocycles. The van der Waals surface area contributed by atoms with Crippen LogP contribution in [0.25, 0.3) is 0 Å². The van der Waals surface area contributed by atoms with Crippen LogP contribution in [0.5, 0.6) is 0 Å². The van der Waals surface area contributed by atoms with Crippen LogP contribution in [0, 0.1) is 11.6 Å². The van der Waals surface area contributed by atoms with Gasteiger partial charge in [0.1, 0.15) is 11.6 Å². The molecule has 1 aromatic rings. The summed E-state index contributed by atoms with van der Waals surface area (Å²) in [5, 5.41) is 0. The van der Waals surface area contributed by atoms with Gasteiger partial charge < -0.3 is 4.74 Å². The molecule has 5 heteroatoms. The topological polar surface area (TPSA) is 43.4 Å². The van der Waals surface area contributed by atoms with E-state index in [1.165, 1.54) is 0 Å². The fourth-order valence-electron chi connectivity index (χ4n) is 1.00. The molecular weight excluding hydrogens is 218 g/mol. The van der Waals surface area contributed by atoms with Crippen LogP contribution in [0.15, 0.2) is 30.4 Å². The zero-order chi connectivity index (χ0) is 12.1. The van der Waals surface area contributed by atoms with Crippen LogP contribution in [0.1, 0.15) is 10.4 Å². The van der Waals surface area contributed by atoms with Crippen LogP contribution in [-0.4, -0.2) is 18.9 Å². The Morgan fingerprint density at radius 1 is 1.12 bits per heavy atom. The third-order valence-corrected chi connectivity index (χ3v) is 1.72. The van der Waals surface area contributed by atoms with Gasteiger partial charge in [0.25, 0.3) is 0 Å². The van der Waals surface area contributed by atoms with E-state index >= 15 is 0 Å². The van der Waals surface area contributed by atoms with Crippen molar-refractivity contribution in [3.8, 4) is 0 Å². The highest BCUT2D eigenvalue weighted by Gasteiger charge is 2.06. The fraction of sp³-hybridized carbons (Fsp3) is 0.0909. The largest absolute Gasteiger partial charge is 0.466 e. The summed E-state index contributed by atoms with van der Waals surface area (Å²) in [6.07, 6.45) is 1.77. The Hall–Kier alpha value is -2.04. The number of hydrogen-bond donors (Lipinski definition) is 0. The molecule has 3 nitrogen and oxygen atoms in total. The maximum absolute atomic E-state index is 12.7. The Morgan fingerprint density at radius 3 is 2.19 bits per heavy atom. The van der Waals surface area contributed by atoms with Gasteiger partial charge in [0.15, 0.2) is 5.78 Å². The van der Waals surface area contributed by atoms with Gasteiger partial charge in [0.2, 0.25) is 0 Å². The summed E-state index contributed by atoms with van der Waals surface area (Å²) in [4.78, 5) is 22.0. The second-order valence-corrected chi connectivity index (χ2v) is 2.88. The lowest BCUT2D eigenvalue weighted by molar-refractivity contribution is -0.134. The number of allylic oxidation sites excluding steroid dienone is 1. The summed E-state index contributed by atoms with van der Waals surface area (Å²) in [5.74, 6) is -3.10. The van der Waals surface area contributed by atoms with Crippen LogP contribution in [-0.2, 0) is 9.53 Å². The average Bonchev–Trinajstić information content (AvgIpc) is 2.23. The number of carbonyl (C=O) groups excluding carboxylic acids is 2. The van der Waals surface area contributed by atoms with E-state index in [-0.39, 0.29) is 5.56 Å². The molecule has 0 saturated heterocycles. The van der Waals surface area contributed by atoms with Gasteiger partial charge in [-0.2, -0.15) is 0 Å². The summed E-state index contributed by atoms with van der Waals surface area (Å²) >= 11 is 0. The van der Waals surface area contributed by atoms with E-state index in [0.29, 0.717) is 6.07 Å². The third kappa shape index (κ3) is 3.27. The van der Waals surface area contributed by atoms with Crippen molar-refractivity contribution >= 4 is 11.8 Å². The number of halogens is 2. The molecular formula is C11H8F2O3. The molecule has 0 unspecified atom stereocenters. The van der Waals surface area contributed by atoms with Gasteiger partial charge in [-0.15, -0.1) is 0 Å². The van der Waals surface area contributed by atoms with Crippen LogP contribution in [0.3, 0.4) is 0 Å². The van der Waals surface area contributed by atoms with E-state index in [9.17, 15) is 18.4 Å². The molecule has 0 saturated carbocycles. The number of rotatable bonds is 3. The maximum atomic E-state index is 12.7. The monoisotopic (exact) mass is 226 g/mol. The van der Waals surface area contributed by atoms with E-state index in [2.05, 4.69) is 4.74 Å². The Bertz CT molecular complexity index is 432.